The van der Waals surface area contributed by atoms with Crippen molar-refractivity contribution < 1.29 is 30.4 Å². The van der Waals surface area contributed by atoms with E-state index in [0.717, 1.165) is 12.1 Å². The molecule has 2 aromatic heterocycles. The van der Waals surface area contributed by atoms with Gasteiger partial charge in [0.05, 0.1) is 23.4 Å². The molecule has 0 saturated heterocycles. The second-order valence-electron chi connectivity index (χ2n) is 6.69. The summed E-state index contributed by atoms with van der Waals surface area (Å²) >= 11 is 0. The highest BCUT2D eigenvalue weighted by atomic mass is 32.2. The van der Waals surface area contributed by atoms with Crippen LogP contribution in [0.5, 0.6) is 0 Å². The van der Waals surface area contributed by atoms with E-state index in [1.54, 1.807) is 11.6 Å². The number of alkyl halides is 3. The van der Waals surface area contributed by atoms with Crippen molar-refractivity contribution in [1.29, 1.82) is 0 Å². The van der Waals surface area contributed by atoms with Crippen LogP contribution in [0.3, 0.4) is 0 Å². The monoisotopic (exact) mass is 477 g/mol. The number of rotatable bonds is 6. The van der Waals surface area contributed by atoms with Gasteiger partial charge in [0.1, 0.15) is 5.65 Å². The number of nitrogen functional groups attached to an aromatic ring is 1. The highest BCUT2D eigenvalue weighted by molar-refractivity contribution is 7.92. The fraction of sp³-hybridized carbons (Fsp3) is 0.278. The first-order valence-electron chi connectivity index (χ1n) is 9.04. The summed E-state index contributed by atoms with van der Waals surface area (Å²) in [5.41, 5.74) is 3.39. The average molecular weight is 477 g/mol. The van der Waals surface area contributed by atoms with Crippen LogP contribution in [0.15, 0.2) is 29.2 Å². The van der Waals surface area contributed by atoms with E-state index in [2.05, 4.69) is 9.97 Å². The van der Waals surface area contributed by atoms with E-state index in [0.29, 0.717) is 5.39 Å². The molecule has 0 aliphatic rings. The molecule has 8 nitrogen and oxygen atoms in total. The van der Waals surface area contributed by atoms with Gasteiger partial charge in [-0.25, -0.2) is 22.2 Å². The molecule has 2 heterocycles. The highest BCUT2D eigenvalue weighted by Crippen LogP contribution is 2.29. The predicted molar refractivity (Wildman–Crippen MR) is 107 cm³/mol. The summed E-state index contributed by atoms with van der Waals surface area (Å²) in [4.78, 5) is 20.6. The maximum atomic E-state index is 14.8. The Hall–Kier alpha value is -3.29. The summed E-state index contributed by atoms with van der Waals surface area (Å²) in [5, 5.41) is 0.312. The van der Waals surface area contributed by atoms with Gasteiger partial charge in [-0.2, -0.15) is 18.2 Å². The lowest BCUT2D eigenvalue weighted by atomic mass is 10.0. The minimum Gasteiger partial charge on any atom is -0.368 e. The molecule has 32 heavy (non-hydrogen) atoms. The third-order valence-corrected chi connectivity index (χ3v) is 5.73. The molecule has 0 aliphatic heterocycles. The van der Waals surface area contributed by atoms with Crippen LogP contribution in [0.4, 0.5) is 33.6 Å². The van der Waals surface area contributed by atoms with E-state index in [9.17, 15) is 35.2 Å². The van der Waals surface area contributed by atoms with Crippen molar-refractivity contribution in [2.75, 3.05) is 16.2 Å². The number of pyridine rings is 1. The van der Waals surface area contributed by atoms with Crippen LogP contribution >= 0.6 is 0 Å². The zero-order chi connectivity index (χ0) is 23.8. The van der Waals surface area contributed by atoms with Crippen molar-refractivity contribution in [3.63, 3.8) is 0 Å². The van der Waals surface area contributed by atoms with Crippen molar-refractivity contribution in [3.05, 3.63) is 46.4 Å². The van der Waals surface area contributed by atoms with Gasteiger partial charge in [-0.3, -0.25) is 14.1 Å². The topological polar surface area (TPSA) is 120 Å². The number of fused-ring (bicyclic) bond motifs is 1. The van der Waals surface area contributed by atoms with Gasteiger partial charge < -0.3 is 5.73 Å². The van der Waals surface area contributed by atoms with Crippen molar-refractivity contribution in [2.24, 2.45) is 0 Å². The fourth-order valence-corrected chi connectivity index (χ4v) is 4.06. The number of nitrogens with one attached hydrogen (secondary N) is 1. The summed E-state index contributed by atoms with van der Waals surface area (Å²) in [6.07, 6.45) is -5.11. The molecule has 0 amide bonds. The largest absolute Gasteiger partial charge is 0.390 e. The lowest BCUT2D eigenvalue weighted by molar-refractivity contribution is -0.129. The third-order valence-electron chi connectivity index (χ3n) is 4.45. The maximum absolute atomic E-state index is 14.8. The number of hydrogen-bond donors (Lipinski definition) is 2. The summed E-state index contributed by atoms with van der Waals surface area (Å²) in [5.74, 6) is -4.69. The number of aromatic nitrogens is 3. The molecule has 1 aromatic carbocycles. The lowest BCUT2D eigenvalue weighted by Gasteiger charge is -2.14. The molecule has 172 valence electrons. The van der Waals surface area contributed by atoms with Crippen LogP contribution in [-0.4, -0.2) is 34.9 Å². The number of nitrogens with zero attached hydrogens (tertiary/aromatic N) is 3. The Labute approximate surface area is 178 Å². The van der Waals surface area contributed by atoms with Crippen LogP contribution < -0.4 is 16.0 Å². The maximum Gasteiger partial charge on any atom is 0.390 e. The summed E-state index contributed by atoms with van der Waals surface area (Å²) in [6, 6.07) is 2.99. The number of nitrogens with two attached hydrogens (primary N) is 1. The highest BCUT2D eigenvalue weighted by Gasteiger charge is 2.30. The Balaban J connectivity index is 2.05. The first kappa shape index (κ1) is 23.4. The van der Waals surface area contributed by atoms with Crippen molar-refractivity contribution in [2.45, 2.75) is 26.1 Å². The standard InChI is InChI=1S/C18H16F5N5O3S/c1-2-28-15-9(8-25-17(24)26-15)7-11(16(28)29)10-3-4-12(14(20)13(10)19)27-32(30,31)6-5-18(21,22)23/h3-4,7-8,27H,2,5-6H2,1H3,(H2,24,25,26). The van der Waals surface area contributed by atoms with E-state index in [1.165, 1.54) is 16.8 Å². The Morgan fingerprint density at radius 1 is 1.16 bits per heavy atom. The third kappa shape index (κ3) is 4.79. The molecular weight excluding hydrogens is 461 g/mol. The number of halogens is 5. The lowest BCUT2D eigenvalue weighted by Crippen LogP contribution is -2.23. The Morgan fingerprint density at radius 3 is 2.47 bits per heavy atom. The van der Waals surface area contributed by atoms with Gasteiger partial charge in [0.25, 0.3) is 5.56 Å². The quantitative estimate of drug-likeness (QED) is 0.527. The molecule has 0 radical (unpaired) electrons. The number of benzene rings is 1. The van der Waals surface area contributed by atoms with Gasteiger partial charge in [-0.15, -0.1) is 0 Å². The number of sulfonamides is 1. The Bertz CT molecular complexity index is 1360. The molecule has 3 rings (SSSR count). The van der Waals surface area contributed by atoms with Crippen LogP contribution in [0.2, 0.25) is 0 Å². The smallest absolute Gasteiger partial charge is 0.368 e. The predicted octanol–water partition coefficient (Wildman–Crippen LogP) is 3.03. The second-order valence-corrected chi connectivity index (χ2v) is 8.53. The molecule has 0 spiro atoms. The van der Waals surface area contributed by atoms with E-state index >= 15 is 0 Å². The molecule has 0 saturated carbocycles. The molecular formula is C18H16F5N5O3S. The van der Waals surface area contributed by atoms with E-state index < -0.39 is 56.8 Å². The van der Waals surface area contributed by atoms with Crippen LogP contribution in [0, 0.1) is 11.6 Å². The van der Waals surface area contributed by atoms with Crippen molar-refractivity contribution in [1.82, 2.24) is 14.5 Å². The average Bonchev–Trinajstić information content (AvgIpc) is 2.70. The molecule has 0 aliphatic carbocycles. The molecule has 14 heteroatoms. The second kappa shape index (κ2) is 8.33. The van der Waals surface area contributed by atoms with Crippen molar-refractivity contribution in [3.8, 4) is 11.1 Å². The van der Waals surface area contributed by atoms with Crippen LogP contribution in [-0.2, 0) is 16.6 Å². The zero-order valence-electron chi connectivity index (χ0n) is 16.4. The minimum atomic E-state index is -4.74. The Morgan fingerprint density at radius 2 is 1.84 bits per heavy atom. The normalized spacial score (nSPS) is 12.3. The van der Waals surface area contributed by atoms with Gasteiger partial charge >= 0.3 is 6.18 Å². The first-order chi connectivity index (χ1) is 14.8. The minimum absolute atomic E-state index is 0.0914. The van der Waals surface area contributed by atoms with Gasteiger partial charge in [0.15, 0.2) is 11.6 Å². The number of hydrogen-bond acceptors (Lipinski definition) is 6. The van der Waals surface area contributed by atoms with Gasteiger partial charge in [0.2, 0.25) is 16.0 Å². The fourth-order valence-electron chi connectivity index (χ4n) is 2.96. The summed E-state index contributed by atoms with van der Waals surface area (Å²) in [6.45, 7) is 1.75. The zero-order valence-corrected chi connectivity index (χ0v) is 17.2. The van der Waals surface area contributed by atoms with E-state index in [1.807, 2.05) is 0 Å². The number of anilines is 2. The Kier molecular flexibility index (Phi) is 6.09. The molecule has 3 aromatic rings. The first-order valence-corrected chi connectivity index (χ1v) is 10.7. The van der Waals surface area contributed by atoms with Crippen LogP contribution in [0.1, 0.15) is 13.3 Å². The molecule has 0 bridgehead atoms. The van der Waals surface area contributed by atoms with Crippen molar-refractivity contribution >= 4 is 32.7 Å². The van der Waals surface area contributed by atoms with Gasteiger partial charge in [0, 0.05) is 23.7 Å². The molecule has 0 atom stereocenters. The van der Waals surface area contributed by atoms with Gasteiger partial charge in [-0.05, 0) is 25.1 Å². The van der Waals surface area contributed by atoms with Gasteiger partial charge in [-0.1, -0.05) is 0 Å². The van der Waals surface area contributed by atoms with Crippen LogP contribution in [0.25, 0.3) is 22.2 Å². The molecule has 3 N–H and O–H groups in total. The SMILES string of the molecule is CCn1c(=O)c(-c2ccc(NS(=O)(=O)CCC(F)(F)F)c(F)c2F)cc2cnc(N)nc21. The summed E-state index contributed by atoms with van der Waals surface area (Å²) in [7, 11) is -4.61. The summed E-state index contributed by atoms with van der Waals surface area (Å²) < 4.78 is 92.5. The molecule has 0 unspecified atom stereocenters. The molecule has 0 fully saturated rings. The number of aryl methyl sites for hydroxylation is 1. The van der Waals surface area contributed by atoms with E-state index in [-0.39, 0.29) is 23.7 Å². The van der Waals surface area contributed by atoms with E-state index in [4.69, 9.17) is 5.73 Å².